The summed E-state index contributed by atoms with van der Waals surface area (Å²) in [5.41, 5.74) is 3.35. The van der Waals surface area contributed by atoms with Gasteiger partial charge >= 0.3 is 0 Å². The molecule has 0 spiro atoms. The van der Waals surface area contributed by atoms with Gasteiger partial charge < -0.3 is 0 Å². The number of dihydropyridines is 1. The van der Waals surface area contributed by atoms with Crippen LogP contribution >= 0.6 is 0 Å². The zero-order chi connectivity index (χ0) is 9.83. The molecular formula is C14H19N. The highest BCUT2D eigenvalue weighted by molar-refractivity contribution is 5.91. The molecule has 15 heavy (non-hydrogen) atoms. The predicted molar refractivity (Wildman–Crippen MR) is 62.1 cm³/mol. The van der Waals surface area contributed by atoms with Crippen molar-refractivity contribution in [2.45, 2.75) is 51.0 Å². The average molecular weight is 201 g/mol. The summed E-state index contributed by atoms with van der Waals surface area (Å²) in [5, 5.41) is 0. The minimum absolute atomic E-state index is 0.602. The average Bonchev–Trinajstić information content (AvgIpc) is 3.20. The van der Waals surface area contributed by atoms with Gasteiger partial charge in [-0.05, 0) is 56.3 Å². The third-order valence-corrected chi connectivity index (χ3v) is 4.34. The van der Waals surface area contributed by atoms with Crippen molar-refractivity contribution in [3.63, 3.8) is 0 Å². The molecule has 3 saturated carbocycles. The maximum Gasteiger partial charge on any atom is 0.0710 e. The molecule has 0 aromatic heterocycles. The maximum atomic E-state index is 5.01. The molecule has 0 aromatic rings. The Hall–Kier alpha value is -0.590. The van der Waals surface area contributed by atoms with Crippen molar-refractivity contribution in [3.05, 3.63) is 11.6 Å². The van der Waals surface area contributed by atoms with E-state index in [4.69, 9.17) is 4.99 Å². The lowest BCUT2D eigenvalue weighted by molar-refractivity contribution is 0.679. The topological polar surface area (TPSA) is 12.4 Å². The first-order valence-corrected chi connectivity index (χ1v) is 6.67. The molecule has 3 aliphatic carbocycles. The molecule has 80 valence electrons. The molecule has 1 aliphatic heterocycles. The standard InChI is InChI=1S/C14H19N/c1-2-9(1)12-7-13(10-3-4-10)15-14(8-12)11-5-6-11/h7,9-11,13H,1-6,8H2. The second-order valence-electron chi connectivity index (χ2n) is 5.92. The van der Waals surface area contributed by atoms with E-state index in [1.54, 1.807) is 11.3 Å². The van der Waals surface area contributed by atoms with Crippen LogP contribution in [0, 0.1) is 17.8 Å². The van der Waals surface area contributed by atoms with E-state index in [1.165, 1.54) is 44.9 Å². The smallest absolute Gasteiger partial charge is 0.0710 e. The minimum atomic E-state index is 0.602. The number of nitrogens with zero attached hydrogens (tertiary/aromatic N) is 1. The summed E-state index contributed by atoms with van der Waals surface area (Å²) in [6.45, 7) is 0. The fourth-order valence-corrected chi connectivity index (χ4v) is 2.84. The Balaban J connectivity index is 1.60. The van der Waals surface area contributed by atoms with Crippen molar-refractivity contribution in [3.8, 4) is 0 Å². The molecule has 1 atom stereocenters. The van der Waals surface area contributed by atoms with Gasteiger partial charge in [0, 0.05) is 12.1 Å². The predicted octanol–water partition coefficient (Wildman–Crippen LogP) is 3.36. The molecule has 1 nitrogen and oxygen atoms in total. The Bertz CT molecular complexity index is 312. The van der Waals surface area contributed by atoms with Crippen molar-refractivity contribution in [2.24, 2.45) is 22.7 Å². The first kappa shape index (κ1) is 8.55. The molecular weight excluding hydrogens is 182 g/mol. The molecule has 0 bridgehead atoms. The van der Waals surface area contributed by atoms with Crippen LogP contribution in [0.2, 0.25) is 0 Å². The molecule has 1 heteroatoms. The van der Waals surface area contributed by atoms with Crippen LogP contribution in [-0.2, 0) is 0 Å². The van der Waals surface area contributed by atoms with Crippen LogP contribution in [0.25, 0.3) is 0 Å². The highest BCUT2D eigenvalue weighted by atomic mass is 14.8. The molecule has 0 radical (unpaired) electrons. The van der Waals surface area contributed by atoms with Gasteiger partial charge in [0.05, 0.1) is 6.04 Å². The van der Waals surface area contributed by atoms with Gasteiger partial charge in [0.15, 0.2) is 0 Å². The van der Waals surface area contributed by atoms with E-state index in [-0.39, 0.29) is 0 Å². The quantitative estimate of drug-likeness (QED) is 0.621. The molecule has 0 amide bonds. The molecule has 3 fully saturated rings. The van der Waals surface area contributed by atoms with Crippen LogP contribution < -0.4 is 0 Å². The third kappa shape index (κ3) is 1.66. The van der Waals surface area contributed by atoms with E-state index in [1.807, 2.05) is 0 Å². The second kappa shape index (κ2) is 2.96. The van der Waals surface area contributed by atoms with Gasteiger partial charge in [-0.2, -0.15) is 0 Å². The SMILES string of the molecule is C1=C(C2CC2)CC(C2CC2)=NC1C1CC1. The van der Waals surface area contributed by atoms with Crippen LogP contribution in [0.15, 0.2) is 16.6 Å². The molecule has 4 aliphatic rings. The van der Waals surface area contributed by atoms with E-state index < -0.39 is 0 Å². The number of hydrogen-bond acceptors (Lipinski definition) is 1. The lowest BCUT2D eigenvalue weighted by Gasteiger charge is -2.20. The number of rotatable bonds is 3. The first-order chi connectivity index (χ1) is 7.40. The van der Waals surface area contributed by atoms with Crippen molar-refractivity contribution in [2.75, 3.05) is 0 Å². The molecule has 0 N–H and O–H groups in total. The van der Waals surface area contributed by atoms with Crippen molar-refractivity contribution < 1.29 is 0 Å². The second-order valence-corrected chi connectivity index (χ2v) is 5.92. The van der Waals surface area contributed by atoms with Gasteiger partial charge in [-0.1, -0.05) is 11.6 Å². The van der Waals surface area contributed by atoms with Gasteiger partial charge in [0.2, 0.25) is 0 Å². The van der Waals surface area contributed by atoms with Crippen LogP contribution in [0.1, 0.15) is 44.9 Å². The lowest BCUT2D eigenvalue weighted by Crippen LogP contribution is -2.18. The monoisotopic (exact) mass is 201 g/mol. The van der Waals surface area contributed by atoms with Gasteiger partial charge in [-0.25, -0.2) is 0 Å². The van der Waals surface area contributed by atoms with E-state index in [2.05, 4.69) is 6.08 Å². The highest BCUT2D eigenvalue weighted by Gasteiger charge is 2.38. The van der Waals surface area contributed by atoms with Crippen molar-refractivity contribution in [1.29, 1.82) is 0 Å². The highest BCUT2D eigenvalue weighted by Crippen LogP contribution is 2.46. The van der Waals surface area contributed by atoms with Crippen LogP contribution in [0.4, 0.5) is 0 Å². The third-order valence-electron chi connectivity index (χ3n) is 4.34. The summed E-state index contributed by atoms with van der Waals surface area (Å²) < 4.78 is 0. The first-order valence-electron chi connectivity index (χ1n) is 6.67. The normalized spacial score (nSPS) is 36.1. The van der Waals surface area contributed by atoms with Crippen molar-refractivity contribution in [1.82, 2.24) is 0 Å². The molecule has 1 unspecified atom stereocenters. The summed E-state index contributed by atoms with van der Waals surface area (Å²) >= 11 is 0. The molecule has 0 aromatic carbocycles. The molecule has 0 saturated heterocycles. The maximum absolute atomic E-state index is 5.01. The summed E-state index contributed by atoms with van der Waals surface area (Å²) in [6, 6.07) is 0.602. The molecule has 1 heterocycles. The summed E-state index contributed by atoms with van der Waals surface area (Å²) in [5.74, 6) is 2.79. The number of allylic oxidation sites excluding steroid dienone is 1. The van der Waals surface area contributed by atoms with E-state index in [0.717, 1.165) is 17.8 Å². The van der Waals surface area contributed by atoms with Crippen LogP contribution in [0.3, 0.4) is 0 Å². The van der Waals surface area contributed by atoms with Crippen LogP contribution in [-0.4, -0.2) is 11.8 Å². The van der Waals surface area contributed by atoms with E-state index in [9.17, 15) is 0 Å². The fraction of sp³-hybridized carbons (Fsp3) is 0.786. The fourth-order valence-electron chi connectivity index (χ4n) is 2.84. The Morgan fingerprint density at radius 1 is 0.933 bits per heavy atom. The lowest BCUT2D eigenvalue weighted by atomic mass is 9.94. The van der Waals surface area contributed by atoms with E-state index in [0.29, 0.717) is 6.04 Å². The van der Waals surface area contributed by atoms with Gasteiger partial charge in [0.1, 0.15) is 0 Å². The zero-order valence-electron chi connectivity index (χ0n) is 9.28. The van der Waals surface area contributed by atoms with Gasteiger partial charge in [-0.15, -0.1) is 0 Å². The minimum Gasteiger partial charge on any atom is -0.286 e. The van der Waals surface area contributed by atoms with E-state index >= 15 is 0 Å². The number of hydrogen-bond donors (Lipinski definition) is 0. The van der Waals surface area contributed by atoms with Gasteiger partial charge in [-0.3, -0.25) is 4.99 Å². The summed E-state index contributed by atoms with van der Waals surface area (Å²) in [7, 11) is 0. The molecule has 4 rings (SSSR count). The largest absolute Gasteiger partial charge is 0.286 e. The Labute approximate surface area is 91.7 Å². The number of aliphatic imine (C=N–C) groups is 1. The van der Waals surface area contributed by atoms with Crippen LogP contribution in [0.5, 0.6) is 0 Å². The Kier molecular flexibility index (Phi) is 1.69. The summed E-state index contributed by atoms with van der Waals surface area (Å²) in [4.78, 5) is 5.01. The summed E-state index contributed by atoms with van der Waals surface area (Å²) in [6.07, 6.45) is 12.4. The van der Waals surface area contributed by atoms with Gasteiger partial charge in [0.25, 0.3) is 0 Å². The Morgan fingerprint density at radius 2 is 1.67 bits per heavy atom. The Morgan fingerprint density at radius 3 is 2.27 bits per heavy atom. The zero-order valence-corrected chi connectivity index (χ0v) is 9.28. The van der Waals surface area contributed by atoms with Crippen molar-refractivity contribution >= 4 is 5.71 Å².